The van der Waals surface area contributed by atoms with E-state index in [0.29, 0.717) is 0 Å². The van der Waals surface area contributed by atoms with Gasteiger partial charge in [-0.2, -0.15) is 0 Å². The number of imide groups is 1. The third-order valence-electron chi connectivity index (χ3n) is 4.52. The fraction of sp³-hybridized carbons (Fsp3) is 0.765. The second-order valence-corrected chi connectivity index (χ2v) is 7.15. The van der Waals surface area contributed by atoms with E-state index in [4.69, 9.17) is 14.2 Å². The van der Waals surface area contributed by atoms with Crippen LogP contribution in [0.15, 0.2) is 12.2 Å². The molecule has 2 rings (SSSR count). The molecule has 0 aromatic heterocycles. The number of cyclic esters (lactones) is 1. The topological polar surface area (TPSA) is 65.1 Å². The van der Waals surface area contributed by atoms with Crippen LogP contribution in [-0.2, 0) is 19.0 Å². The minimum atomic E-state index is -0.813. The van der Waals surface area contributed by atoms with Crippen molar-refractivity contribution in [2.75, 3.05) is 6.61 Å². The van der Waals surface area contributed by atoms with Crippen molar-refractivity contribution in [1.82, 2.24) is 4.90 Å². The van der Waals surface area contributed by atoms with Gasteiger partial charge in [-0.1, -0.05) is 26.0 Å². The minimum absolute atomic E-state index is 0.0478. The molecule has 0 aromatic rings. The van der Waals surface area contributed by atoms with Crippen LogP contribution >= 0.6 is 0 Å². The molecule has 6 heteroatoms. The molecule has 2 saturated heterocycles. The summed E-state index contributed by atoms with van der Waals surface area (Å²) in [7, 11) is 0. The first-order valence-electron chi connectivity index (χ1n) is 8.06. The molecule has 0 aliphatic carbocycles. The number of hydrogen-bond acceptors (Lipinski definition) is 5. The third-order valence-corrected chi connectivity index (χ3v) is 4.52. The van der Waals surface area contributed by atoms with Gasteiger partial charge in [-0.25, -0.2) is 9.69 Å². The normalized spacial score (nSPS) is 34.9. The zero-order chi connectivity index (χ0) is 17.5. The molecule has 2 aliphatic heterocycles. The van der Waals surface area contributed by atoms with Crippen molar-refractivity contribution in [3.63, 3.8) is 0 Å². The molecular formula is C17H27NO5. The Balaban J connectivity index is 2.22. The highest BCUT2D eigenvalue weighted by atomic mass is 16.7. The number of carbonyl (C=O) groups excluding carboxylic acids is 2. The van der Waals surface area contributed by atoms with Gasteiger partial charge in [-0.3, -0.25) is 4.79 Å². The van der Waals surface area contributed by atoms with E-state index in [1.165, 1.54) is 4.90 Å². The van der Waals surface area contributed by atoms with Crippen LogP contribution in [-0.4, -0.2) is 47.5 Å². The van der Waals surface area contributed by atoms with E-state index < -0.39 is 17.8 Å². The summed E-state index contributed by atoms with van der Waals surface area (Å²) in [6.45, 7) is 15.3. The van der Waals surface area contributed by atoms with Gasteiger partial charge in [-0.15, -0.1) is 0 Å². The maximum absolute atomic E-state index is 12.8. The van der Waals surface area contributed by atoms with E-state index in [-0.39, 0.29) is 36.7 Å². The number of carbonyl (C=O) groups is 2. The van der Waals surface area contributed by atoms with Gasteiger partial charge in [-0.05, 0) is 27.7 Å². The average Bonchev–Trinajstić information content (AvgIpc) is 2.78. The van der Waals surface area contributed by atoms with E-state index in [0.717, 1.165) is 5.57 Å². The fourth-order valence-electron chi connectivity index (χ4n) is 3.34. The Morgan fingerprint density at radius 2 is 1.96 bits per heavy atom. The number of rotatable bonds is 3. The second kappa shape index (κ2) is 6.24. The summed E-state index contributed by atoms with van der Waals surface area (Å²) in [5, 5.41) is 0. The zero-order valence-electron chi connectivity index (χ0n) is 14.8. The van der Waals surface area contributed by atoms with Gasteiger partial charge < -0.3 is 14.2 Å². The molecule has 23 heavy (non-hydrogen) atoms. The van der Waals surface area contributed by atoms with Gasteiger partial charge in [0.25, 0.3) is 0 Å². The van der Waals surface area contributed by atoms with Gasteiger partial charge in [0, 0.05) is 5.92 Å². The first-order chi connectivity index (χ1) is 10.5. The van der Waals surface area contributed by atoms with Crippen molar-refractivity contribution in [1.29, 1.82) is 0 Å². The lowest BCUT2D eigenvalue weighted by Gasteiger charge is -2.47. The summed E-state index contributed by atoms with van der Waals surface area (Å²) >= 11 is 0. The molecule has 0 saturated carbocycles. The molecule has 0 unspecified atom stereocenters. The van der Waals surface area contributed by atoms with Crippen LogP contribution in [0.2, 0.25) is 0 Å². The number of nitrogens with zero attached hydrogens (tertiary/aromatic N) is 1. The lowest BCUT2D eigenvalue weighted by Crippen LogP contribution is -2.55. The monoisotopic (exact) mass is 325 g/mol. The molecule has 2 aliphatic rings. The van der Waals surface area contributed by atoms with Gasteiger partial charge in [0.1, 0.15) is 6.61 Å². The molecule has 0 N–H and O–H groups in total. The summed E-state index contributed by atoms with van der Waals surface area (Å²) in [5.41, 5.74) is 0.896. The highest BCUT2D eigenvalue weighted by molar-refractivity contribution is 5.94. The molecule has 6 nitrogen and oxygen atoms in total. The SMILES string of the molecule is C=C(C)[C@@H]1OC(C)(C)O[C@@H]([C@H](C)C(=O)N2C(=O)OC[C@@H]2C)[C@@H]1C. The Kier molecular flexibility index (Phi) is 4.87. The molecular weight excluding hydrogens is 298 g/mol. The largest absolute Gasteiger partial charge is 0.447 e. The quantitative estimate of drug-likeness (QED) is 0.747. The lowest BCUT2D eigenvalue weighted by molar-refractivity contribution is -0.317. The van der Waals surface area contributed by atoms with Crippen LogP contribution in [0.1, 0.15) is 41.5 Å². The zero-order valence-corrected chi connectivity index (χ0v) is 14.8. The maximum Gasteiger partial charge on any atom is 0.416 e. The fourth-order valence-corrected chi connectivity index (χ4v) is 3.34. The van der Waals surface area contributed by atoms with Crippen molar-refractivity contribution >= 4 is 12.0 Å². The highest BCUT2D eigenvalue weighted by Gasteiger charge is 2.47. The van der Waals surface area contributed by atoms with E-state index in [1.807, 2.05) is 27.7 Å². The van der Waals surface area contributed by atoms with Crippen molar-refractivity contribution in [3.05, 3.63) is 12.2 Å². The van der Waals surface area contributed by atoms with Gasteiger partial charge in [0.15, 0.2) is 5.79 Å². The smallest absolute Gasteiger partial charge is 0.416 e. The molecule has 2 amide bonds. The highest BCUT2D eigenvalue weighted by Crippen LogP contribution is 2.37. The molecule has 0 radical (unpaired) electrons. The summed E-state index contributed by atoms with van der Waals surface area (Å²) in [5.74, 6) is -1.61. The van der Waals surface area contributed by atoms with E-state index >= 15 is 0 Å². The van der Waals surface area contributed by atoms with E-state index in [9.17, 15) is 9.59 Å². The summed E-state index contributed by atoms with van der Waals surface area (Å²) in [6.07, 6.45) is -1.14. The van der Waals surface area contributed by atoms with Gasteiger partial charge in [0.2, 0.25) is 5.91 Å². The van der Waals surface area contributed by atoms with E-state index in [1.54, 1.807) is 13.8 Å². The first kappa shape index (κ1) is 17.9. The van der Waals surface area contributed by atoms with E-state index in [2.05, 4.69) is 6.58 Å². The predicted octanol–water partition coefficient (Wildman–Crippen LogP) is 2.72. The Hall–Kier alpha value is -1.40. The molecule has 2 fully saturated rings. The van der Waals surface area contributed by atoms with Crippen molar-refractivity contribution in [3.8, 4) is 0 Å². The Morgan fingerprint density at radius 1 is 1.35 bits per heavy atom. The molecule has 2 heterocycles. The number of amides is 2. The summed E-state index contributed by atoms with van der Waals surface area (Å²) < 4.78 is 16.9. The van der Waals surface area contributed by atoms with Gasteiger partial charge >= 0.3 is 6.09 Å². The van der Waals surface area contributed by atoms with Crippen LogP contribution in [0.5, 0.6) is 0 Å². The summed E-state index contributed by atoms with van der Waals surface area (Å²) in [4.78, 5) is 25.8. The number of hydrogen-bond donors (Lipinski definition) is 0. The van der Waals surface area contributed by atoms with Crippen LogP contribution in [0.3, 0.4) is 0 Å². The molecule has 0 spiro atoms. The average molecular weight is 325 g/mol. The minimum Gasteiger partial charge on any atom is -0.447 e. The van der Waals surface area contributed by atoms with Crippen LogP contribution in [0.25, 0.3) is 0 Å². The van der Waals surface area contributed by atoms with Crippen LogP contribution < -0.4 is 0 Å². The Bertz CT molecular complexity index is 515. The van der Waals surface area contributed by atoms with Crippen molar-refractivity contribution < 1.29 is 23.8 Å². The summed E-state index contributed by atoms with van der Waals surface area (Å²) in [6, 6.07) is -0.252. The Labute approximate surface area is 137 Å². The maximum atomic E-state index is 12.8. The third kappa shape index (κ3) is 3.43. The Morgan fingerprint density at radius 3 is 2.43 bits per heavy atom. The van der Waals surface area contributed by atoms with Crippen molar-refractivity contribution in [2.24, 2.45) is 11.8 Å². The molecule has 0 aromatic carbocycles. The number of ether oxygens (including phenoxy) is 3. The predicted molar refractivity (Wildman–Crippen MR) is 84.6 cm³/mol. The van der Waals surface area contributed by atoms with Crippen LogP contribution in [0.4, 0.5) is 4.79 Å². The lowest BCUT2D eigenvalue weighted by atomic mass is 9.84. The van der Waals surface area contributed by atoms with Crippen molar-refractivity contribution in [2.45, 2.75) is 65.6 Å². The second-order valence-electron chi connectivity index (χ2n) is 7.15. The van der Waals surface area contributed by atoms with Crippen LogP contribution in [0, 0.1) is 11.8 Å². The van der Waals surface area contributed by atoms with Gasteiger partial charge in [0.05, 0.1) is 24.2 Å². The standard InChI is InChI=1S/C17H27NO5/c1-9(2)13-11(4)14(23-17(6,7)22-13)12(5)15(19)18-10(3)8-21-16(18)20/h10-14H,1,8H2,2-7H3/t10-,11+,12-,13-,14+/m0/s1. The molecule has 5 atom stereocenters. The first-order valence-corrected chi connectivity index (χ1v) is 8.06. The molecule has 130 valence electrons. The molecule has 0 bridgehead atoms.